The van der Waals surface area contributed by atoms with E-state index in [0.29, 0.717) is 24.8 Å². The predicted molar refractivity (Wildman–Crippen MR) is 144 cm³/mol. The lowest BCUT2D eigenvalue weighted by Gasteiger charge is -2.19. The third kappa shape index (κ3) is 7.12. The van der Waals surface area contributed by atoms with Gasteiger partial charge in [-0.2, -0.15) is 0 Å². The molecule has 11 heteroatoms. The second kappa shape index (κ2) is 13.1. The van der Waals surface area contributed by atoms with Gasteiger partial charge >= 0.3 is 6.09 Å². The number of carboxylic acid groups (broad SMARTS) is 1. The summed E-state index contributed by atoms with van der Waals surface area (Å²) in [5.41, 5.74) is 3.11. The maximum absolute atomic E-state index is 11.6. The monoisotopic (exact) mass is 514 g/mol. The van der Waals surface area contributed by atoms with Crippen LogP contribution in [0.1, 0.15) is 38.8 Å². The standard InChI is InChI=1S/C25H34N6O4S/c1-6-16(2)21-22(36-24(30-21)27-17(3)15-35-5)20-11-12-26-23(29-20)28-18-7-9-19(10-8-18)31(25(32)33)13-14-34-4/h7-12,16-17H,6,13-15H2,1-5H3,(H,27,30)(H,32,33)(H,26,28,29). The first-order chi connectivity index (χ1) is 17.4. The molecule has 0 aliphatic rings. The van der Waals surface area contributed by atoms with E-state index in [1.807, 2.05) is 6.07 Å². The number of aromatic nitrogens is 3. The third-order valence-electron chi connectivity index (χ3n) is 5.59. The van der Waals surface area contributed by atoms with Gasteiger partial charge in [0.1, 0.15) is 0 Å². The Bertz CT molecular complexity index is 1120. The van der Waals surface area contributed by atoms with Gasteiger partial charge in [-0.25, -0.2) is 19.7 Å². The Morgan fingerprint density at radius 1 is 1.14 bits per heavy atom. The first-order valence-electron chi connectivity index (χ1n) is 11.8. The lowest BCUT2D eigenvalue weighted by atomic mass is 10.0. The molecule has 2 aromatic heterocycles. The highest BCUT2D eigenvalue weighted by atomic mass is 32.1. The fourth-order valence-electron chi connectivity index (χ4n) is 3.52. The molecule has 2 unspecified atom stereocenters. The zero-order valence-corrected chi connectivity index (χ0v) is 22.1. The van der Waals surface area contributed by atoms with Gasteiger partial charge in [0.05, 0.1) is 36.0 Å². The minimum Gasteiger partial charge on any atom is -0.465 e. The van der Waals surface area contributed by atoms with Crippen LogP contribution in [0.25, 0.3) is 10.6 Å². The Kier molecular flexibility index (Phi) is 9.97. The largest absolute Gasteiger partial charge is 0.465 e. The maximum Gasteiger partial charge on any atom is 0.411 e. The summed E-state index contributed by atoms with van der Waals surface area (Å²) in [5, 5.41) is 16.9. The average Bonchev–Trinajstić information content (AvgIpc) is 3.28. The molecule has 0 bridgehead atoms. The number of nitrogens with one attached hydrogen (secondary N) is 2. The van der Waals surface area contributed by atoms with Gasteiger partial charge in [-0.1, -0.05) is 25.2 Å². The summed E-state index contributed by atoms with van der Waals surface area (Å²) in [7, 11) is 3.22. The fraction of sp³-hybridized carbons (Fsp3) is 0.440. The van der Waals surface area contributed by atoms with Crippen LogP contribution in [0.15, 0.2) is 36.5 Å². The molecule has 2 atom stereocenters. The Labute approximate surface area is 215 Å². The number of ether oxygens (including phenoxy) is 2. The van der Waals surface area contributed by atoms with Gasteiger partial charge in [-0.15, -0.1) is 0 Å². The van der Waals surface area contributed by atoms with Crippen LogP contribution in [0.5, 0.6) is 0 Å². The summed E-state index contributed by atoms with van der Waals surface area (Å²) in [6.07, 6.45) is 1.65. The van der Waals surface area contributed by atoms with Gasteiger partial charge in [0, 0.05) is 37.8 Å². The molecular weight excluding hydrogens is 480 g/mol. The Morgan fingerprint density at radius 2 is 1.89 bits per heavy atom. The van der Waals surface area contributed by atoms with E-state index >= 15 is 0 Å². The van der Waals surface area contributed by atoms with Crippen LogP contribution in [-0.4, -0.2) is 66.2 Å². The van der Waals surface area contributed by atoms with Crippen LogP contribution in [0.4, 0.5) is 27.2 Å². The summed E-state index contributed by atoms with van der Waals surface area (Å²) in [6.45, 7) is 7.51. The molecule has 194 valence electrons. The van der Waals surface area contributed by atoms with Crippen molar-refractivity contribution < 1.29 is 19.4 Å². The number of anilines is 4. The number of methoxy groups -OCH3 is 2. The molecule has 3 N–H and O–H groups in total. The number of thiazole rings is 1. The highest BCUT2D eigenvalue weighted by molar-refractivity contribution is 7.19. The van der Waals surface area contributed by atoms with E-state index in [1.54, 1.807) is 56.0 Å². The third-order valence-corrected chi connectivity index (χ3v) is 6.62. The molecule has 3 rings (SSSR count). The molecule has 1 amide bonds. The number of hydrogen-bond acceptors (Lipinski definition) is 9. The minimum absolute atomic E-state index is 0.135. The molecule has 2 heterocycles. The second-order valence-electron chi connectivity index (χ2n) is 8.41. The molecule has 36 heavy (non-hydrogen) atoms. The van der Waals surface area contributed by atoms with Crippen molar-refractivity contribution in [1.29, 1.82) is 0 Å². The van der Waals surface area contributed by atoms with E-state index in [-0.39, 0.29) is 18.5 Å². The molecule has 0 fully saturated rings. The Balaban J connectivity index is 1.82. The van der Waals surface area contributed by atoms with E-state index in [9.17, 15) is 9.90 Å². The number of amides is 1. The minimum atomic E-state index is -1.03. The molecule has 3 aromatic rings. The van der Waals surface area contributed by atoms with E-state index in [0.717, 1.165) is 33.5 Å². The van der Waals surface area contributed by atoms with Gasteiger partial charge in [0.2, 0.25) is 5.95 Å². The molecule has 1 aromatic carbocycles. The number of carbonyl (C=O) groups is 1. The molecule has 0 radical (unpaired) electrons. The molecule has 0 spiro atoms. The lowest BCUT2D eigenvalue weighted by Crippen LogP contribution is -2.32. The van der Waals surface area contributed by atoms with E-state index < -0.39 is 6.09 Å². The van der Waals surface area contributed by atoms with Crippen LogP contribution in [-0.2, 0) is 9.47 Å². The van der Waals surface area contributed by atoms with Crippen LogP contribution in [0.2, 0.25) is 0 Å². The highest BCUT2D eigenvalue weighted by Crippen LogP contribution is 2.37. The summed E-state index contributed by atoms with van der Waals surface area (Å²) in [4.78, 5) is 27.8. The maximum atomic E-state index is 11.6. The zero-order valence-electron chi connectivity index (χ0n) is 21.3. The van der Waals surface area contributed by atoms with Gasteiger partial charge in [0.25, 0.3) is 0 Å². The number of benzene rings is 1. The van der Waals surface area contributed by atoms with Crippen LogP contribution in [0.3, 0.4) is 0 Å². The highest BCUT2D eigenvalue weighted by Gasteiger charge is 2.20. The van der Waals surface area contributed by atoms with Gasteiger partial charge in [-0.3, -0.25) is 4.90 Å². The van der Waals surface area contributed by atoms with Crippen LogP contribution >= 0.6 is 11.3 Å². The summed E-state index contributed by atoms with van der Waals surface area (Å²) in [5.74, 6) is 0.722. The van der Waals surface area contributed by atoms with Crippen LogP contribution < -0.4 is 15.5 Å². The van der Waals surface area contributed by atoms with Crippen LogP contribution in [0, 0.1) is 0 Å². The molecule has 0 saturated carbocycles. The topological polar surface area (TPSA) is 122 Å². The van der Waals surface area contributed by atoms with Crippen molar-refractivity contribution in [2.24, 2.45) is 0 Å². The quantitative estimate of drug-likeness (QED) is 0.274. The van der Waals surface area contributed by atoms with E-state index in [1.165, 1.54) is 4.90 Å². The normalized spacial score (nSPS) is 12.7. The summed E-state index contributed by atoms with van der Waals surface area (Å²) in [6, 6.07) is 9.08. The number of rotatable bonds is 13. The van der Waals surface area contributed by atoms with E-state index in [4.69, 9.17) is 19.4 Å². The second-order valence-corrected chi connectivity index (χ2v) is 9.41. The number of hydrogen-bond donors (Lipinski definition) is 3. The van der Waals surface area contributed by atoms with E-state index in [2.05, 4.69) is 36.4 Å². The van der Waals surface area contributed by atoms with Gasteiger partial charge in [-0.05, 0) is 49.6 Å². The number of nitrogens with zero attached hydrogens (tertiary/aromatic N) is 4. The summed E-state index contributed by atoms with van der Waals surface area (Å²) < 4.78 is 10.2. The molecular formula is C25H34N6O4S. The van der Waals surface area contributed by atoms with Crippen molar-refractivity contribution in [2.75, 3.05) is 49.5 Å². The van der Waals surface area contributed by atoms with Crippen molar-refractivity contribution in [3.05, 3.63) is 42.2 Å². The van der Waals surface area contributed by atoms with Crippen molar-refractivity contribution in [2.45, 2.75) is 39.2 Å². The smallest absolute Gasteiger partial charge is 0.411 e. The first-order valence-corrected chi connectivity index (χ1v) is 12.6. The predicted octanol–water partition coefficient (Wildman–Crippen LogP) is 5.43. The van der Waals surface area contributed by atoms with Crippen molar-refractivity contribution >= 4 is 39.9 Å². The van der Waals surface area contributed by atoms with Crippen molar-refractivity contribution in [3.8, 4) is 10.6 Å². The van der Waals surface area contributed by atoms with Gasteiger partial charge in [0.15, 0.2) is 5.13 Å². The lowest BCUT2D eigenvalue weighted by molar-refractivity contribution is 0.186. The zero-order chi connectivity index (χ0) is 26.1. The fourth-order valence-corrected chi connectivity index (χ4v) is 4.69. The van der Waals surface area contributed by atoms with Gasteiger partial charge < -0.3 is 25.2 Å². The molecule has 0 aliphatic carbocycles. The average molecular weight is 515 g/mol. The first kappa shape index (κ1) is 27.3. The van der Waals surface area contributed by atoms with Crippen molar-refractivity contribution in [1.82, 2.24) is 15.0 Å². The SMILES string of the molecule is CCC(C)c1nc(NC(C)COC)sc1-c1ccnc(Nc2ccc(N(CCOC)C(=O)O)cc2)n1. The summed E-state index contributed by atoms with van der Waals surface area (Å²) >= 11 is 1.57. The Morgan fingerprint density at radius 3 is 2.53 bits per heavy atom. The van der Waals surface area contributed by atoms with Crippen molar-refractivity contribution in [3.63, 3.8) is 0 Å². The molecule has 0 aliphatic heterocycles. The molecule has 10 nitrogen and oxygen atoms in total. The Hall–Kier alpha value is -3.28. The molecule has 0 saturated heterocycles.